The number of rotatable bonds is 1. The van der Waals surface area contributed by atoms with Crippen molar-refractivity contribution in [2.45, 2.75) is 25.7 Å². The van der Waals surface area contributed by atoms with Gasteiger partial charge in [0.25, 0.3) is 0 Å². The number of carbonyl (C=O) groups excluding carboxylic acids is 2. The molecule has 16 heavy (non-hydrogen) atoms. The number of methoxy groups -OCH3 is 1. The molecule has 0 aromatic heterocycles. The van der Waals surface area contributed by atoms with Crippen LogP contribution in [-0.4, -0.2) is 24.0 Å². The summed E-state index contributed by atoms with van der Waals surface area (Å²) in [5.74, 6) is -1.44. The second-order valence-electron chi connectivity index (χ2n) is 4.53. The summed E-state index contributed by atoms with van der Waals surface area (Å²) in [5.41, 5.74) is 0. The number of allylic oxidation sites excluding steroid dienone is 2. The second-order valence-corrected chi connectivity index (χ2v) is 4.53. The Hall–Kier alpha value is -1.32. The fourth-order valence-electron chi connectivity index (χ4n) is 2.90. The van der Waals surface area contributed by atoms with Gasteiger partial charge in [0.1, 0.15) is 5.92 Å². The SMILES string of the molecule is COC(=O)[C@H]1C(=O)C=C(O)[C@H]2CCCC[C@@H]12. The van der Waals surface area contributed by atoms with E-state index in [1.807, 2.05) is 0 Å². The van der Waals surface area contributed by atoms with Crippen molar-refractivity contribution in [2.24, 2.45) is 17.8 Å². The minimum atomic E-state index is -0.703. The molecule has 1 fully saturated rings. The molecule has 0 heterocycles. The van der Waals surface area contributed by atoms with Gasteiger partial charge in [-0.25, -0.2) is 0 Å². The van der Waals surface area contributed by atoms with Gasteiger partial charge in [0.05, 0.1) is 12.9 Å². The van der Waals surface area contributed by atoms with Gasteiger partial charge in [0, 0.05) is 12.0 Å². The average Bonchev–Trinajstić information content (AvgIpc) is 2.28. The highest BCUT2D eigenvalue weighted by molar-refractivity contribution is 6.06. The van der Waals surface area contributed by atoms with Crippen LogP contribution in [-0.2, 0) is 14.3 Å². The lowest BCUT2D eigenvalue weighted by molar-refractivity contribution is -0.152. The summed E-state index contributed by atoms with van der Waals surface area (Å²) < 4.78 is 4.67. The fourth-order valence-corrected chi connectivity index (χ4v) is 2.90. The maximum absolute atomic E-state index is 11.7. The van der Waals surface area contributed by atoms with Gasteiger partial charge >= 0.3 is 5.97 Å². The molecule has 3 atom stereocenters. The summed E-state index contributed by atoms with van der Waals surface area (Å²) in [7, 11) is 1.30. The summed E-state index contributed by atoms with van der Waals surface area (Å²) in [4.78, 5) is 23.3. The third-order valence-corrected chi connectivity index (χ3v) is 3.68. The van der Waals surface area contributed by atoms with Crippen LogP contribution in [0.15, 0.2) is 11.8 Å². The summed E-state index contributed by atoms with van der Waals surface area (Å²) in [6.07, 6.45) is 4.92. The molecule has 2 rings (SSSR count). The van der Waals surface area contributed by atoms with Crippen molar-refractivity contribution in [3.8, 4) is 0 Å². The Morgan fingerprint density at radius 1 is 1.44 bits per heavy atom. The Morgan fingerprint density at radius 3 is 2.81 bits per heavy atom. The minimum Gasteiger partial charge on any atom is -0.512 e. The van der Waals surface area contributed by atoms with Crippen molar-refractivity contribution in [1.29, 1.82) is 0 Å². The Bertz CT molecular complexity index is 345. The van der Waals surface area contributed by atoms with Crippen LogP contribution in [0.25, 0.3) is 0 Å². The lowest BCUT2D eigenvalue weighted by atomic mass is 9.67. The Labute approximate surface area is 94.3 Å². The van der Waals surface area contributed by atoms with E-state index in [4.69, 9.17) is 0 Å². The standard InChI is InChI=1S/C12H16O4/c1-16-12(15)11-8-5-3-2-4-7(8)9(13)6-10(11)14/h6-8,11,13H,2-5H2,1H3/t7-,8+,11+/m0/s1. The molecular formula is C12H16O4. The van der Waals surface area contributed by atoms with Crippen molar-refractivity contribution >= 4 is 11.8 Å². The smallest absolute Gasteiger partial charge is 0.316 e. The van der Waals surface area contributed by atoms with E-state index in [-0.39, 0.29) is 23.4 Å². The number of aliphatic hydroxyl groups excluding tert-OH is 1. The van der Waals surface area contributed by atoms with Gasteiger partial charge in [-0.3, -0.25) is 9.59 Å². The monoisotopic (exact) mass is 224 g/mol. The number of carbonyl (C=O) groups is 2. The van der Waals surface area contributed by atoms with Crippen LogP contribution in [0.5, 0.6) is 0 Å². The molecule has 0 unspecified atom stereocenters. The van der Waals surface area contributed by atoms with Gasteiger partial charge in [-0.05, 0) is 18.8 Å². The maximum atomic E-state index is 11.7. The molecule has 0 radical (unpaired) electrons. The number of aliphatic hydroxyl groups is 1. The maximum Gasteiger partial charge on any atom is 0.316 e. The highest BCUT2D eigenvalue weighted by Gasteiger charge is 2.45. The Morgan fingerprint density at radius 2 is 2.12 bits per heavy atom. The first-order chi connectivity index (χ1) is 7.65. The molecule has 0 amide bonds. The fraction of sp³-hybridized carbons (Fsp3) is 0.667. The summed E-state index contributed by atoms with van der Waals surface area (Å²) in [5, 5.41) is 9.74. The molecule has 1 saturated carbocycles. The lowest BCUT2D eigenvalue weighted by Gasteiger charge is -2.37. The highest BCUT2D eigenvalue weighted by Crippen LogP contribution is 2.42. The molecule has 2 aliphatic rings. The van der Waals surface area contributed by atoms with E-state index >= 15 is 0 Å². The number of hydrogen-bond donors (Lipinski definition) is 1. The van der Waals surface area contributed by atoms with Crippen LogP contribution in [0.3, 0.4) is 0 Å². The molecule has 0 aliphatic heterocycles. The zero-order chi connectivity index (χ0) is 11.7. The van der Waals surface area contributed by atoms with Crippen molar-refractivity contribution < 1.29 is 19.4 Å². The van der Waals surface area contributed by atoms with E-state index in [1.165, 1.54) is 13.2 Å². The van der Waals surface area contributed by atoms with Gasteiger partial charge < -0.3 is 9.84 Å². The average molecular weight is 224 g/mol. The van der Waals surface area contributed by atoms with Crippen LogP contribution in [0, 0.1) is 17.8 Å². The third kappa shape index (κ3) is 1.72. The van der Waals surface area contributed by atoms with Crippen molar-refractivity contribution in [3.05, 3.63) is 11.8 Å². The van der Waals surface area contributed by atoms with Crippen LogP contribution >= 0.6 is 0 Å². The Balaban J connectivity index is 2.31. The van der Waals surface area contributed by atoms with E-state index in [2.05, 4.69) is 4.74 Å². The zero-order valence-corrected chi connectivity index (χ0v) is 9.31. The van der Waals surface area contributed by atoms with Gasteiger partial charge in [-0.15, -0.1) is 0 Å². The van der Waals surface area contributed by atoms with Gasteiger partial charge in [-0.2, -0.15) is 0 Å². The number of esters is 1. The third-order valence-electron chi connectivity index (χ3n) is 3.68. The molecule has 88 valence electrons. The number of fused-ring (bicyclic) bond motifs is 1. The van der Waals surface area contributed by atoms with Crippen molar-refractivity contribution in [1.82, 2.24) is 0 Å². The zero-order valence-electron chi connectivity index (χ0n) is 9.31. The number of hydrogen-bond acceptors (Lipinski definition) is 4. The molecule has 1 N–H and O–H groups in total. The second kappa shape index (κ2) is 4.28. The van der Waals surface area contributed by atoms with Gasteiger partial charge in [0.15, 0.2) is 5.78 Å². The van der Waals surface area contributed by atoms with E-state index < -0.39 is 11.9 Å². The first-order valence-corrected chi connectivity index (χ1v) is 5.67. The molecular weight excluding hydrogens is 208 g/mol. The quantitative estimate of drug-likeness (QED) is 0.543. The largest absolute Gasteiger partial charge is 0.512 e. The number of ether oxygens (including phenoxy) is 1. The predicted octanol–water partition coefficient (Wildman–Crippen LogP) is 1.61. The van der Waals surface area contributed by atoms with Crippen molar-refractivity contribution in [3.63, 3.8) is 0 Å². The van der Waals surface area contributed by atoms with E-state index in [0.29, 0.717) is 0 Å². The first kappa shape index (κ1) is 11.2. The van der Waals surface area contributed by atoms with Crippen LogP contribution in [0.2, 0.25) is 0 Å². The minimum absolute atomic E-state index is 0.0319. The van der Waals surface area contributed by atoms with Crippen LogP contribution in [0.4, 0.5) is 0 Å². The van der Waals surface area contributed by atoms with E-state index in [0.717, 1.165) is 25.7 Å². The highest BCUT2D eigenvalue weighted by atomic mass is 16.5. The lowest BCUT2D eigenvalue weighted by Crippen LogP contribution is -2.41. The molecule has 0 bridgehead atoms. The summed E-state index contributed by atoms with van der Waals surface area (Å²) >= 11 is 0. The number of ketones is 1. The van der Waals surface area contributed by atoms with E-state index in [1.54, 1.807) is 0 Å². The summed E-state index contributed by atoms with van der Waals surface area (Å²) in [6, 6.07) is 0. The van der Waals surface area contributed by atoms with Crippen LogP contribution in [0.1, 0.15) is 25.7 Å². The molecule has 4 heteroatoms. The van der Waals surface area contributed by atoms with Gasteiger partial charge in [-0.1, -0.05) is 12.8 Å². The molecule has 0 aromatic rings. The molecule has 2 aliphatic carbocycles. The normalized spacial score (nSPS) is 33.9. The first-order valence-electron chi connectivity index (χ1n) is 5.67. The van der Waals surface area contributed by atoms with Gasteiger partial charge in [0.2, 0.25) is 0 Å². The van der Waals surface area contributed by atoms with Crippen molar-refractivity contribution in [2.75, 3.05) is 7.11 Å². The Kier molecular flexibility index (Phi) is 2.99. The molecule has 0 spiro atoms. The summed E-state index contributed by atoms with van der Waals surface area (Å²) in [6.45, 7) is 0. The van der Waals surface area contributed by atoms with Crippen LogP contribution < -0.4 is 0 Å². The topological polar surface area (TPSA) is 63.6 Å². The molecule has 0 saturated heterocycles. The molecule has 0 aromatic carbocycles. The van der Waals surface area contributed by atoms with E-state index in [9.17, 15) is 14.7 Å². The predicted molar refractivity (Wildman–Crippen MR) is 56.7 cm³/mol. The molecule has 4 nitrogen and oxygen atoms in total.